The lowest BCUT2D eigenvalue weighted by molar-refractivity contribution is 0.175. The van der Waals surface area contributed by atoms with Crippen LogP contribution in [0.5, 0.6) is 0 Å². The fraction of sp³-hybridized carbons (Fsp3) is 0.316. The lowest BCUT2D eigenvalue weighted by Gasteiger charge is -2.36. The van der Waals surface area contributed by atoms with Crippen molar-refractivity contribution in [2.24, 2.45) is 0 Å². The summed E-state index contributed by atoms with van der Waals surface area (Å²) in [5, 5.41) is 8.39. The van der Waals surface area contributed by atoms with Gasteiger partial charge in [-0.15, -0.1) is 0 Å². The summed E-state index contributed by atoms with van der Waals surface area (Å²) in [6.07, 6.45) is 0. The molecule has 0 aliphatic carbocycles. The summed E-state index contributed by atoms with van der Waals surface area (Å²) in [6, 6.07) is 18.9. The number of hydrogen-bond donors (Lipinski definition) is 1. The number of rotatable bonds is 3. The molecule has 1 fully saturated rings. The van der Waals surface area contributed by atoms with E-state index in [4.69, 9.17) is 5.41 Å². The summed E-state index contributed by atoms with van der Waals surface area (Å²) >= 11 is 0. The van der Waals surface area contributed by atoms with Gasteiger partial charge < -0.3 is 4.90 Å². The van der Waals surface area contributed by atoms with Crippen LogP contribution < -0.4 is 0 Å². The Balaban J connectivity index is 1.55. The molecule has 0 saturated carbocycles. The second-order valence-electron chi connectivity index (χ2n) is 5.96. The van der Waals surface area contributed by atoms with E-state index in [1.165, 1.54) is 11.1 Å². The van der Waals surface area contributed by atoms with Crippen molar-refractivity contribution in [3.8, 4) is 0 Å². The first-order chi connectivity index (χ1) is 10.7. The second-order valence-corrected chi connectivity index (χ2v) is 5.96. The van der Waals surface area contributed by atoms with Crippen LogP contribution in [0.1, 0.15) is 16.7 Å². The second kappa shape index (κ2) is 6.75. The van der Waals surface area contributed by atoms with Crippen LogP contribution in [0.25, 0.3) is 0 Å². The molecule has 1 saturated heterocycles. The van der Waals surface area contributed by atoms with Crippen molar-refractivity contribution in [2.75, 3.05) is 26.2 Å². The van der Waals surface area contributed by atoms with E-state index in [2.05, 4.69) is 59.2 Å². The average Bonchev–Trinajstić information content (AvgIpc) is 2.57. The van der Waals surface area contributed by atoms with Crippen molar-refractivity contribution in [1.29, 1.82) is 5.41 Å². The first kappa shape index (κ1) is 14.8. The van der Waals surface area contributed by atoms with E-state index in [-0.39, 0.29) is 0 Å². The molecular formula is C19H23N3. The molecule has 3 nitrogen and oxygen atoms in total. The zero-order chi connectivity index (χ0) is 15.4. The summed E-state index contributed by atoms with van der Waals surface area (Å²) in [6.45, 7) is 6.98. The van der Waals surface area contributed by atoms with Crippen LogP contribution >= 0.6 is 0 Å². The van der Waals surface area contributed by atoms with E-state index in [9.17, 15) is 0 Å². The molecule has 0 bridgehead atoms. The van der Waals surface area contributed by atoms with E-state index in [0.717, 1.165) is 38.3 Å². The molecule has 22 heavy (non-hydrogen) atoms. The Morgan fingerprint density at radius 1 is 0.909 bits per heavy atom. The van der Waals surface area contributed by atoms with Gasteiger partial charge in [-0.2, -0.15) is 0 Å². The Bertz CT molecular complexity index is 611. The summed E-state index contributed by atoms with van der Waals surface area (Å²) in [7, 11) is 0. The van der Waals surface area contributed by atoms with Gasteiger partial charge in [0.2, 0.25) is 0 Å². The Kier molecular flexibility index (Phi) is 4.54. The molecule has 0 unspecified atom stereocenters. The maximum absolute atomic E-state index is 8.39. The number of amidine groups is 1. The Morgan fingerprint density at radius 3 is 2.18 bits per heavy atom. The van der Waals surface area contributed by atoms with Gasteiger partial charge in [-0.1, -0.05) is 60.2 Å². The molecule has 0 atom stereocenters. The van der Waals surface area contributed by atoms with Crippen LogP contribution in [-0.4, -0.2) is 41.8 Å². The highest BCUT2D eigenvalue weighted by Crippen LogP contribution is 2.12. The van der Waals surface area contributed by atoms with Gasteiger partial charge in [-0.05, 0) is 12.5 Å². The largest absolute Gasteiger partial charge is 0.354 e. The van der Waals surface area contributed by atoms with Crippen LogP contribution in [0, 0.1) is 12.3 Å². The third-order valence-electron chi connectivity index (χ3n) is 4.26. The van der Waals surface area contributed by atoms with Crippen LogP contribution in [0.15, 0.2) is 54.6 Å². The van der Waals surface area contributed by atoms with Crippen molar-refractivity contribution in [1.82, 2.24) is 9.80 Å². The maximum atomic E-state index is 8.39. The Hall–Kier alpha value is -2.13. The molecule has 1 heterocycles. The fourth-order valence-electron chi connectivity index (χ4n) is 2.87. The van der Waals surface area contributed by atoms with E-state index < -0.39 is 0 Å². The number of nitrogens with one attached hydrogen (secondary N) is 1. The van der Waals surface area contributed by atoms with E-state index in [1.54, 1.807) is 0 Å². The maximum Gasteiger partial charge on any atom is 0.128 e. The number of nitrogens with zero attached hydrogens (tertiary/aromatic N) is 2. The van der Waals surface area contributed by atoms with Crippen molar-refractivity contribution in [3.05, 3.63) is 71.3 Å². The van der Waals surface area contributed by atoms with Crippen LogP contribution in [-0.2, 0) is 6.54 Å². The highest BCUT2D eigenvalue weighted by Gasteiger charge is 2.19. The molecular weight excluding hydrogens is 270 g/mol. The van der Waals surface area contributed by atoms with Crippen molar-refractivity contribution < 1.29 is 0 Å². The lowest BCUT2D eigenvalue weighted by atomic mass is 10.1. The molecule has 114 valence electrons. The standard InChI is InChI=1S/C19H23N3/c1-16-7-9-18(10-8-16)19(20)22-13-11-21(12-14-22)15-17-5-3-2-4-6-17/h2-10,20H,11-15H2,1H3. The Labute approximate surface area is 132 Å². The third-order valence-corrected chi connectivity index (χ3v) is 4.26. The molecule has 2 aromatic carbocycles. The molecule has 2 aromatic rings. The van der Waals surface area contributed by atoms with Gasteiger partial charge in [0.05, 0.1) is 0 Å². The SMILES string of the molecule is Cc1ccc(C(=N)N2CCN(Cc3ccccc3)CC2)cc1. The molecule has 1 aliphatic rings. The normalized spacial score (nSPS) is 15.8. The van der Waals surface area contributed by atoms with E-state index >= 15 is 0 Å². The van der Waals surface area contributed by atoms with Gasteiger partial charge in [0.1, 0.15) is 5.84 Å². The molecule has 1 aliphatic heterocycles. The quantitative estimate of drug-likeness (QED) is 0.696. The fourth-order valence-corrected chi connectivity index (χ4v) is 2.87. The van der Waals surface area contributed by atoms with Crippen molar-refractivity contribution in [2.45, 2.75) is 13.5 Å². The minimum atomic E-state index is 0.652. The van der Waals surface area contributed by atoms with Gasteiger partial charge in [0, 0.05) is 38.3 Å². The minimum absolute atomic E-state index is 0.652. The molecule has 0 spiro atoms. The number of benzene rings is 2. The zero-order valence-corrected chi connectivity index (χ0v) is 13.1. The van der Waals surface area contributed by atoms with Gasteiger partial charge in [0.25, 0.3) is 0 Å². The van der Waals surface area contributed by atoms with Gasteiger partial charge in [-0.25, -0.2) is 0 Å². The van der Waals surface area contributed by atoms with E-state index in [1.807, 2.05) is 12.1 Å². The van der Waals surface area contributed by atoms with Gasteiger partial charge in [-0.3, -0.25) is 10.3 Å². The minimum Gasteiger partial charge on any atom is -0.354 e. The molecule has 0 radical (unpaired) electrons. The number of hydrogen-bond acceptors (Lipinski definition) is 2. The molecule has 1 N–H and O–H groups in total. The van der Waals surface area contributed by atoms with Crippen molar-refractivity contribution >= 4 is 5.84 Å². The predicted molar refractivity (Wildman–Crippen MR) is 91.3 cm³/mol. The molecule has 0 amide bonds. The van der Waals surface area contributed by atoms with Crippen LogP contribution in [0.3, 0.4) is 0 Å². The number of aryl methyl sites for hydroxylation is 1. The van der Waals surface area contributed by atoms with Crippen molar-refractivity contribution in [3.63, 3.8) is 0 Å². The van der Waals surface area contributed by atoms with Gasteiger partial charge >= 0.3 is 0 Å². The topological polar surface area (TPSA) is 30.3 Å². The highest BCUT2D eigenvalue weighted by molar-refractivity contribution is 5.96. The Morgan fingerprint density at radius 2 is 1.55 bits per heavy atom. The highest BCUT2D eigenvalue weighted by atomic mass is 15.3. The van der Waals surface area contributed by atoms with E-state index in [0.29, 0.717) is 5.84 Å². The number of piperazine rings is 1. The van der Waals surface area contributed by atoms with Crippen LogP contribution in [0.4, 0.5) is 0 Å². The van der Waals surface area contributed by atoms with Crippen LogP contribution in [0.2, 0.25) is 0 Å². The average molecular weight is 293 g/mol. The molecule has 0 aromatic heterocycles. The summed E-state index contributed by atoms with van der Waals surface area (Å²) in [5.74, 6) is 0.652. The zero-order valence-electron chi connectivity index (χ0n) is 13.1. The lowest BCUT2D eigenvalue weighted by Crippen LogP contribution is -2.48. The molecule has 3 heteroatoms. The molecule has 3 rings (SSSR count). The summed E-state index contributed by atoms with van der Waals surface area (Å²) < 4.78 is 0. The predicted octanol–water partition coefficient (Wildman–Crippen LogP) is 3.14. The third kappa shape index (κ3) is 3.55. The smallest absolute Gasteiger partial charge is 0.128 e. The monoisotopic (exact) mass is 293 g/mol. The van der Waals surface area contributed by atoms with Gasteiger partial charge in [0.15, 0.2) is 0 Å². The summed E-state index contributed by atoms with van der Waals surface area (Å²) in [5.41, 5.74) is 3.62. The first-order valence-electron chi connectivity index (χ1n) is 7.89. The summed E-state index contributed by atoms with van der Waals surface area (Å²) in [4.78, 5) is 4.65. The first-order valence-corrected chi connectivity index (χ1v) is 7.89.